The van der Waals surface area contributed by atoms with Gasteiger partial charge in [0.05, 0.1) is 30.5 Å². The SMILES string of the molecule is COc1cc2c(Nc3ccc(OC(N)=CC=S)cc3)c(C#N)cnc2cc1OCCCNC1CC1. The average molecular weight is 490 g/mol. The number of nitrogens with two attached hydrogens (primary N) is 1. The summed E-state index contributed by atoms with van der Waals surface area (Å²) in [7, 11) is 1.60. The van der Waals surface area contributed by atoms with E-state index in [0.29, 0.717) is 46.7 Å². The van der Waals surface area contributed by atoms with Crippen molar-refractivity contribution in [3.8, 4) is 23.3 Å². The van der Waals surface area contributed by atoms with E-state index in [1.54, 1.807) is 25.4 Å². The number of nitriles is 1. The lowest BCUT2D eigenvalue weighted by Gasteiger charge is -2.16. The number of nitrogens with zero attached hydrogens (tertiary/aromatic N) is 2. The Morgan fingerprint density at radius 2 is 2.06 bits per heavy atom. The molecule has 2 aromatic carbocycles. The second-order valence-electron chi connectivity index (χ2n) is 8.07. The summed E-state index contributed by atoms with van der Waals surface area (Å²) >= 11 is 4.75. The van der Waals surface area contributed by atoms with Crippen molar-refractivity contribution in [2.75, 3.05) is 25.6 Å². The number of hydrogen-bond donors (Lipinski definition) is 3. The summed E-state index contributed by atoms with van der Waals surface area (Å²) in [6, 6.07) is 13.8. The van der Waals surface area contributed by atoms with Gasteiger partial charge in [-0.1, -0.05) is 12.2 Å². The number of thiocarbonyl (C=S) groups is 1. The minimum absolute atomic E-state index is 0.205. The molecule has 0 saturated heterocycles. The van der Waals surface area contributed by atoms with Crippen molar-refractivity contribution < 1.29 is 14.2 Å². The van der Waals surface area contributed by atoms with E-state index >= 15 is 0 Å². The third-order valence-corrected chi connectivity index (χ3v) is 5.59. The van der Waals surface area contributed by atoms with Crippen molar-refractivity contribution in [1.29, 1.82) is 5.26 Å². The van der Waals surface area contributed by atoms with Gasteiger partial charge in [-0.2, -0.15) is 5.26 Å². The fourth-order valence-electron chi connectivity index (χ4n) is 3.53. The lowest BCUT2D eigenvalue weighted by atomic mass is 10.1. The molecule has 1 fully saturated rings. The van der Waals surface area contributed by atoms with Gasteiger partial charge in [-0.25, -0.2) is 0 Å². The molecular formula is C26H27N5O3S. The van der Waals surface area contributed by atoms with E-state index in [1.165, 1.54) is 24.3 Å². The molecule has 9 heteroatoms. The number of anilines is 2. The highest BCUT2D eigenvalue weighted by molar-refractivity contribution is 7.79. The zero-order chi connectivity index (χ0) is 24.6. The number of allylic oxidation sites excluding steroid dienone is 1. The molecule has 0 spiro atoms. The summed E-state index contributed by atoms with van der Waals surface area (Å²) in [4.78, 5) is 4.47. The third kappa shape index (κ3) is 6.38. The normalized spacial score (nSPS) is 13.2. The maximum atomic E-state index is 9.70. The molecule has 1 aromatic heterocycles. The maximum Gasteiger partial charge on any atom is 0.191 e. The number of pyridine rings is 1. The summed E-state index contributed by atoms with van der Waals surface area (Å²) < 4.78 is 17.1. The smallest absolute Gasteiger partial charge is 0.191 e. The second-order valence-corrected chi connectivity index (χ2v) is 8.34. The molecule has 0 unspecified atom stereocenters. The van der Waals surface area contributed by atoms with Gasteiger partial charge in [0.15, 0.2) is 17.4 Å². The van der Waals surface area contributed by atoms with Gasteiger partial charge in [-0.3, -0.25) is 4.98 Å². The van der Waals surface area contributed by atoms with E-state index < -0.39 is 0 Å². The van der Waals surface area contributed by atoms with Crippen LogP contribution < -0.4 is 30.6 Å². The summed E-state index contributed by atoms with van der Waals surface area (Å²) in [5.74, 6) is 1.98. The highest BCUT2D eigenvalue weighted by atomic mass is 32.1. The Labute approximate surface area is 209 Å². The van der Waals surface area contributed by atoms with Crippen LogP contribution in [0.3, 0.4) is 0 Å². The van der Waals surface area contributed by atoms with Gasteiger partial charge in [0.2, 0.25) is 0 Å². The van der Waals surface area contributed by atoms with Crippen LogP contribution in [0, 0.1) is 11.3 Å². The largest absolute Gasteiger partial charge is 0.493 e. The van der Waals surface area contributed by atoms with Crippen molar-refractivity contribution in [3.63, 3.8) is 0 Å². The van der Waals surface area contributed by atoms with Crippen LogP contribution in [0.4, 0.5) is 11.4 Å². The molecule has 0 bridgehead atoms. The molecule has 0 atom stereocenters. The lowest BCUT2D eigenvalue weighted by molar-refractivity contribution is 0.288. The Hall–Kier alpha value is -3.87. The first kappa shape index (κ1) is 24.3. The van der Waals surface area contributed by atoms with Crippen LogP contribution in [0.25, 0.3) is 10.9 Å². The minimum Gasteiger partial charge on any atom is -0.493 e. The highest BCUT2D eigenvalue weighted by Crippen LogP contribution is 2.37. The maximum absolute atomic E-state index is 9.70. The van der Waals surface area contributed by atoms with Crippen LogP contribution in [0.1, 0.15) is 24.8 Å². The average Bonchev–Trinajstić information content (AvgIpc) is 3.69. The summed E-state index contributed by atoms with van der Waals surface area (Å²) in [6.45, 7) is 1.50. The van der Waals surface area contributed by atoms with Gasteiger partial charge in [-0.05, 0) is 56.1 Å². The predicted octanol–water partition coefficient (Wildman–Crippen LogP) is 4.56. The molecule has 0 aliphatic heterocycles. The van der Waals surface area contributed by atoms with Crippen molar-refractivity contribution in [1.82, 2.24) is 10.3 Å². The first-order valence-corrected chi connectivity index (χ1v) is 11.8. The van der Waals surface area contributed by atoms with Gasteiger partial charge < -0.3 is 30.6 Å². The van der Waals surface area contributed by atoms with Crippen LogP contribution in [-0.4, -0.2) is 36.7 Å². The standard InChI is InChI=1S/C26H27N5O3S/c1-32-23-13-21-22(14-24(23)33-11-2-10-29-18-3-4-18)30-16-17(15-27)26(21)31-19-5-7-20(8-6-19)34-25(28)9-12-35/h5-9,12-14,16,18,29H,2-4,10-11,28H2,1H3,(H,30,31). The zero-order valence-corrected chi connectivity index (χ0v) is 20.2. The van der Waals surface area contributed by atoms with Gasteiger partial charge in [-0.15, -0.1) is 0 Å². The van der Waals surface area contributed by atoms with E-state index in [1.807, 2.05) is 24.3 Å². The topological polar surface area (TPSA) is 114 Å². The van der Waals surface area contributed by atoms with Crippen LogP contribution in [-0.2, 0) is 0 Å². The Kier molecular flexibility index (Phi) is 7.98. The minimum atomic E-state index is 0.205. The molecule has 1 heterocycles. The van der Waals surface area contributed by atoms with Crippen molar-refractivity contribution >= 4 is 39.9 Å². The molecule has 35 heavy (non-hydrogen) atoms. The molecule has 1 aliphatic rings. The summed E-state index contributed by atoms with van der Waals surface area (Å²) in [6.07, 6.45) is 6.49. The van der Waals surface area contributed by atoms with E-state index in [0.717, 1.165) is 24.0 Å². The molecule has 0 amide bonds. The molecule has 0 radical (unpaired) electrons. The number of hydrogen-bond acceptors (Lipinski definition) is 9. The van der Waals surface area contributed by atoms with Crippen molar-refractivity contribution in [3.05, 3.63) is 60.1 Å². The van der Waals surface area contributed by atoms with E-state index in [4.69, 9.17) is 32.2 Å². The predicted molar refractivity (Wildman–Crippen MR) is 140 cm³/mol. The first-order valence-electron chi connectivity index (χ1n) is 11.3. The van der Waals surface area contributed by atoms with Crippen molar-refractivity contribution in [2.24, 2.45) is 5.73 Å². The van der Waals surface area contributed by atoms with Gasteiger partial charge in [0.1, 0.15) is 11.8 Å². The van der Waals surface area contributed by atoms with Gasteiger partial charge in [0, 0.05) is 40.8 Å². The van der Waals surface area contributed by atoms with E-state index in [-0.39, 0.29) is 5.88 Å². The molecule has 4 N–H and O–H groups in total. The number of nitrogens with one attached hydrogen (secondary N) is 2. The number of benzene rings is 2. The highest BCUT2D eigenvalue weighted by Gasteiger charge is 2.19. The zero-order valence-electron chi connectivity index (χ0n) is 19.4. The van der Waals surface area contributed by atoms with Crippen LogP contribution >= 0.6 is 12.2 Å². The molecule has 180 valence electrons. The Morgan fingerprint density at radius 1 is 1.26 bits per heavy atom. The summed E-state index contributed by atoms with van der Waals surface area (Å²) in [5.41, 5.74) is 8.23. The van der Waals surface area contributed by atoms with Crippen molar-refractivity contribution in [2.45, 2.75) is 25.3 Å². The molecule has 1 saturated carbocycles. The number of methoxy groups -OCH3 is 1. The Morgan fingerprint density at radius 3 is 2.74 bits per heavy atom. The fourth-order valence-corrected chi connectivity index (χ4v) is 3.66. The van der Waals surface area contributed by atoms with E-state index in [2.05, 4.69) is 21.7 Å². The molecule has 3 aromatic rings. The summed E-state index contributed by atoms with van der Waals surface area (Å²) in [5, 5.41) is 18.6. The van der Waals surface area contributed by atoms with Gasteiger partial charge in [0.25, 0.3) is 0 Å². The monoisotopic (exact) mass is 489 g/mol. The molecule has 8 nitrogen and oxygen atoms in total. The molecular weight excluding hydrogens is 462 g/mol. The Bertz CT molecular complexity index is 1270. The van der Waals surface area contributed by atoms with Gasteiger partial charge >= 0.3 is 0 Å². The number of rotatable bonds is 12. The number of aromatic nitrogens is 1. The van der Waals surface area contributed by atoms with Crippen LogP contribution in [0.2, 0.25) is 0 Å². The fraction of sp³-hybridized carbons (Fsp3) is 0.269. The third-order valence-electron chi connectivity index (χ3n) is 5.45. The van der Waals surface area contributed by atoms with Crippen LogP contribution in [0.5, 0.6) is 17.2 Å². The number of ether oxygens (including phenoxy) is 3. The molecule has 4 rings (SSSR count). The Balaban J connectivity index is 1.55. The lowest BCUT2D eigenvalue weighted by Crippen LogP contribution is -2.19. The second kappa shape index (κ2) is 11.5. The number of fused-ring (bicyclic) bond motifs is 1. The quantitative estimate of drug-likeness (QED) is 0.146. The molecule has 1 aliphatic carbocycles. The first-order chi connectivity index (χ1) is 17.1. The van der Waals surface area contributed by atoms with E-state index in [9.17, 15) is 5.26 Å². The van der Waals surface area contributed by atoms with Crippen LogP contribution in [0.15, 0.2) is 54.6 Å².